The van der Waals surface area contributed by atoms with Crippen LogP contribution < -0.4 is 13.9 Å². The molecule has 1 aliphatic rings. The topological polar surface area (TPSA) is 70.2 Å². The van der Waals surface area contributed by atoms with Gasteiger partial charge < -0.3 is 14.5 Å². The number of hydrogen-bond donors (Lipinski definition) is 0. The molecule has 1 amide bonds. The third kappa shape index (κ3) is 5.34. The number of carbonyl (C=O) groups is 1. The van der Waals surface area contributed by atoms with Crippen LogP contribution in [0.25, 0.3) is 0 Å². The molecule has 0 bridgehead atoms. The number of aryl methyl sites for hydroxylation is 1. The van der Waals surface area contributed by atoms with Crippen molar-refractivity contribution in [1.29, 1.82) is 0 Å². The van der Waals surface area contributed by atoms with E-state index in [9.17, 15) is 13.2 Å². The minimum atomic E-state index is -3.66. The quantitative estimate of drug-likeness (QED) is 0.518. The van der Waals surface area contributed by atoms with Gasteiger partial charge >= 0.3 is 0 Å². The lowest BCUT2D eigenvalue weighted by Gasteiger charge is -2.36. The Balaban J connectivity index is 1.30. The standard InChI is InChI=1S/C26H29N3O4S/c1-21-8-14-25(15-9-21)34(31,32)27(2)22-10-12-24(13-11-22)33-20-26(30)29-18-16-28(17-19-29)23-6-4-3-5-7-23/h3-15H,16-20H2,1-2H3. The number of para-hydroxylation sites is 1. The Morgan fingerprint density at radius 3 is 2.12 bits per heavy atom. The second-order valence-electron chi connectivity index (χ2n) is 8.27. The highest BCUT2D eigenvalue weighted by Crippen LogP contribution is 2.25. The third-order valence-electron chi connectivity index (χ3n) is 6.00. The van der Waals surface area contributed by atoms with E-state index in [4.69, 9.17) is 4.74 Å². The van der Waals surface area contributed by atoms with E-state index in [1.54, 1.807) is 48.5 Å². The van der Waals surface area contributed by atoms with E-state index in [0.29, 0.717) is 24.5 Å². The normalized spacial score (nSPS) is 14.1. The van der Waals surface area contributed by atoms with Crippen LogP contribution in [0.5, 0.6) is 5.75 Å². The summed E-state index contributed by atoms with van der Waals surface area (Å²) >= 11 is 0. The molecule has 178 valence electrons. The fourth-order valence-electron chi connectivity index (χ4n) is 3.85. The minimum Gasteiger partial charge on any atom is -0.484 e. The van der Waals surface area contributed by atoms with Crippen LogP contribution in [-0.4, -0.2) is 59.1 Å². The van der Waals surface area contributed by atoms with Crippen molar-refractivity contribution >= 4 is 27.3 Å². The van der Waals surface area contributed by atoms with Gasteiger partial charge in [0.2, 0.25) is 0 Å². The van der Waals surface area contributed by atoms with Crippen molar-refractivity contribution in [2.45, 2.75) is 11.8 Å². The molecule has 0 spiro atoms. The molecule has 0 radical (unpaired) electrons. The molecule has 7 nitrogen and oxygen atoms in total. The average molecular weight is 480 g/mol. The molecule has 1 aliphatic heterocycles. The molecule has 0 N–H and O–H groups in total. The van der Waals surface area contributed by atoms with Crippen molar-refractivity contribution in [3.63, 3.8) is 0 Å². The van der Waals surface area contributed by atoms with Crippen LogP contribution in [0.3, 0.4) is 0 Å². The number of rotatable bonds is 7. The molecule has 1 fully saturated rings. The van der Waals surface area contributed by atoms with Gasteiger partial charge in [0.15, 0.2) is 6.61 Å². The van der Waals surface area contributed by atoms with E-state index in [0.717, 1.165) is 18.7 Å². The zero-order chi connectivity index (χ0) is 24.1. The van der Waals surface area contributed by atoms with E-state index >= 15 is 0 Å². The fourth-order valence-corrected chi connectivity index (χ4v) is 5.04. The molecule has 0 aliphatic carbocycles. The first-order valence-electron chi connectivity index (χ1n) is 11.2. The predicted molar refractivity (Wildman–Crippen MR) is 134 cm³/mol. The first-order chi connectivity index (χ1) is 16.3. The summed E-state index contributed by atoms with van der Waals surface area (Å²) in [7, 11) is -2.14. The number of hydrogen-bond acceptors (Lipinski definition) is 5. The highest BCUT2D eigenvalue weighted by Gasteiger charge is 2.23. The zero-order valence-corrected chi connectivity index (χ0v) is 20.2. The summed E-state index contributed by atoms with van der Waals surface area (Å²) < 4.78 is 32.7. The van der Waals surface area contributed by atoms with Gasteiger partial charge in [0.25, 0.3) is 15.9 Å². The zero-order valence-electron chi connectivity index (χ0n) is 19.4. The highest BCUT2D eigenvalue weighted by molar-refractivity contribution is 7.92. The lowest BCUT2D eigenvalue weighted by molar-refractivity contribution is -0.133. The van der Waals surface area contributed by atoms with Gasteiger partial charge in [-0.15, -0.1) is 0 Å². The second kappa shape index (κ2) is 10.2. The van der Waals surface area contributed by atoms with Crippen LogP contribution in [0, 0.1) is 6.92 Å². The Hall–Kier alpha value is -3.52. The number of carbonyl (C=O) groups excluding carboxylic acids is 1. The van der Waals surface area contributed by atoms with Crippen molar-refractivity contribution in [3.05, 3.63) is 84.4 Å². The Bertz CT molecular complexity index is 1210. The van der Waals surface area contributed by atoms with Crippen molar-refractivity contribution in [2.24, 2.45) is 0 Å². The second-order valence-corrected chi connectivity index (χ2v) is 10.2. The number of ether oxygens (including phenoxy) is 1. The fraction of sp³-hybridized carbons (Fsp3) is 0.269. The van der Waals surface area contributed by atoms with Crippen LogP contribution in [0.4, 0.5) is 11.4 Å². The van der Waals surface area contributed by atoms with Crippen molar-refractivity contribution in [1.82, 2.24) is 4.90 Å². The van der Waals surface area contributed by atoms with E-state index in [-0.39, 0.29) is 17.4 Å². The molecule has 1 heterocycles. The van der Waals surface area contributed by atoms with Crippen LogP contribution >= 0.6 is 0 Å². The summed E-state index contributed by atoms with van der Waals surface area (Å²) in [5.74, 6) is 0.456. The summed E-state index contributed by atoms with van der Waals surface area (Å²) in [5.41, 5.74) is 2.67. The third-order valence-corrected chi connectivity index (χ3v) is 7.80. The minimum absolute atomic E-state index is 0.0534. The van der Waals surface area contributed by atoms with Crippen molar-refractivity contribution in [2.75, 3.05) is 49.0 Å². The summed E-state index contributed by atoms with van der Waals surface area (Å²) in [6.07, 6.45) is 0. The van der Waals surface area contributed by atoms with Crippen LogP contribution in [0.15, 0.2) is 83.8 Å². The van der Waals surface area contributed by atoms with Crippen LogP contribution in [-0.2, 0) is 14.8 Å². The molecular formula is C26H29N3O4S. The maximum atomic E-state index is 12.9. The molecule has 0 atom stereocenters. The van der Waals surface area contributed by atoms with Crippen LogP contribution in [0.1, 0.15) is 5.56 Å². The smallest absolute Gasteiger partial charge is 0.264 e. The first-order valence-corrected chi connectivity index (χ1v) is 12.6. The molecule has 3 aromatic carbocycles. The first kappa shape index (κ1) is 23.6. The van der Waals surface area contributed by atoms with Gasteiger partial charge in [-0.25, -0.2) is 8.42 Å². The number of nitrogens with zero attached hydrogens (tertiary/aromatic N) is 3. The van der Waals surface area contributed by atoms with Gasteiger partial charge in [0.05, 0.1) is 10.6 Å². The van der Waals surface area contributed by atoms with Gasteiger partial charge in [0.1, 0.15) is 5.75 Å². The largest absolute Gasteiger partial charge is 0.484 e. The van der Waals surface area contributed by atoms with Crippen molar-refractivity contribution in [3.8, 4) is 5.75 Å². The molecule has 0 saturated carbocycles. The SMILES string of the molecule is Cc1ccc(S(=O)(=O)N(C)c2ccc(OCC(=O)N3CCN(c4ccccc4)CC3)cc2)cc1. The summed E-state index contributed by atoms with van der Waals surface area (Å²) in [5, 5.41) is 0. The van der Waals surface area contributed by atoms with Gasteiger partial charge in [-0.05, 0) is 55.5 Å². The number of anilines is 2. The number of amides is 1. The molecule has 34 heavy (non-hydrogen) atoms. The molecule has 0 aromatic heterocycles. The van der Waals surface area contributed by atoms with Crippen molar-refractivity contribution < 1.29 is 17.9 Å². The van der Waals surface area contributed by atoms with E-state index in [1.165, 1.54) is 17.0 Å². The predicted octanol–water partition coefficient (Wildman–Crippen LogP) is 3.55. The Kier molecular flexibility index (Phi) is 7.07. The Morgan fingerprint density at radius 1 is 0.882 bits per heavy atom. The Labute approximate surface area is 201 Å². The maximum absolute atomic E-state index is 12.9. The molecule has 0 unspecified atom stereocenters. The molecule has 4 rings (SSSR count). The highest BCUT2D eigenvalue weighted by atomic mass is 32.2. The summed E-state index contributed by atoms with van der Waals surface area (Å²) in [6.45, 7) is 4.73. The number of piperazine rings is 1. The lowest BCUT2D eigenvalue weighted by atomic mass is 10.2. The van der Waals surface area contributed by atoms with E-state index < -0.39 is 10.0 Å². The number of benzene rings is 3. The molecular weight excluding hydrogens is 450 g/mol. The summed E-state index contributed by atoms with van der Waals surface area (Å²) in [4.78, 5) is 16.9. The van der Waals surface area contributed by atoms with Gasteiger partial charge in [0, 0.05) is 38.9 Å². The molecule has 1 saturated heterocycles. The van der Waals surface area contributed by atoms with Gasteiger partial charge in [-0.3, -0.25) is 9.10 Å². The monoisotopic (exact) mass is 479 g/mol. The molecule has 8 heteroatoms. The van der Waals surface area contributed by atoms with E-state index in [1.807, 2.05) is 30.0 Å². The maximum Gasteiger partial charge on any atom is 0.264 e. The van der Waals surface area contributed by atoms with E-state index in [2.05, 4.69) is 17.0 Å². The lowest BCUT2D eigenvalue weighted by Crippen LogP contribution is -2.50. The van der Waals surface area contributed by atoms with Gasteiger partial charge in [-0.1, -0.05) is 35.9 Å². The van der Waals surface area contributed by atoms with Gasteiger partial charge in [-0.2, -0.15) is 0 Å². The van der Waals surface area contributed by atoms with Crippen LogP contribution in [0.2, 0.25) is 0 Å². The summed E-state index contributed by atoms with van der Waals surface area (Å²) in [6, 6.07) is 23.6. The Morgan fingerprint density at radius 2 is 1.50 bits per heavy atom. The molecule has 3 aromatic rings. The average Bonchev–Trinajstić information content (AvgIpc) is 2.88. The number of sulfonamides is 1.